The normalized spacial score (nSPS) is 25.1. The number of hydrogen-bond donors (Lipinski definition) is 1. The average molecular weight is 270 g/mol. The highest BCUT2D eigenvalue weighted by molar-refractivity contribution is 8.00. The lowest BCUT2D eigenvalue weighted by molar-refractivity contribution is -0.131. The summed E-state index contributed by atoms with van der Waals surface area (Å²) in [6, 6.07) is 0.136. The van der Waals surface area contributed by atoms with Crippen LogP contribution in [0.3, 0.4) is 0 Å². The molecule has 1 spiro atoms. The second-order valence-corrected chi connectivity index (χ2v) is 7.49. The highest BCUT2D eigenvalue weighted by Crippen LogP contribution is 2.42. The minimum absolute atomic E-state index is 0.136. The van der Waals surface area contributed by atoms with Gasteiger partial charge in [-0.3, -0.25) is 4.79 Å². The maximum atomic E-state index is 12.2. The maximum Gasteiger partial charge on any atom is 0.222 e. The molecule has 1 saturated carbocycles. The van der Waals surface area contributed by atoms with Crippen LogP contribution in [0.25, 0.3) is 0 Å². The highest BCUT2D eigenvalue weighted by atomic mass is 32.2. The smallest absolute Gasteiger partial charge is 0.222 e. The molecular weight excluding hydrogens is 244 g/mol. The number of nitrogens with two attached hydrogens (primary N) is 1. The number of hydrogen-bond acceptors (Lipinski definition) is 3. The molecular formula is C14H26N2OS. The summed E-state index contributed by atoms with van der Waals surface area (Å²) in [5.74, 6) is 1.43. The first-order chi connectivity index (χ1) is 8.61. The van der Waals surface area contributed by atoms with E-state index in [1.54, 1.807) is 0 Å². The first-order valence-electron chi connectivity index (χ1n) is 7.29. The van der Waals surface area contributed by atoms with Gasteiger partial charge in [-0.25, -0.2) is 0 Å². The van der Waals surface area contributed by atoms with E-state index in [-0.39, 0.29) is 6.04 Å². The van der Waals surface area contributed by atoms with Crippen LogP contribution in [0.15, 0.2) is 0 Å². The van der Waals surface area contributed by atoms with Gasteiger partial charge in [-0.05, 0) is 26.2 Å². The number of carbonyl (C=O) groups excluding carboxylic acids is 1. The molecule has 18 heavy (non-hydrogen) atoms. The van der Waals surface area contributed by atoms with Crippen molar-refractivity contribution in [2.45, 2.75) is 62.7 Å². The first kappa shape index (κ1) is 14.2. The third-order valence-electron chi connectivity index (χ3n) is 4.18. The predicted molar refractivity (Wildman–Crippen MR) is 77.7 cm³/mol. The zero-order valence-electron chi connectivity index (χ0n) is 11.5. The van der Waals surface area contributed by atoms with Gasteiger partial charge < -0.3 is 10.6 Å². The van der Waals surface area contributed by atoms with Crippen LogP contribution in [0.1, 0.15) is 51.9 Å². The van der Waals surface area contributed by atoms with E-state index >= 15 is 0 Å². The molecule has 1 atom stereocenters. The van der Waals surface area contributed by atoms with Crippen molar-refractivity contribution < 1.29 is 4.79 Å². The van der Waals surface area contributed by atoms with Crippen LogP contribution < -0.4 is 5.73 Å². The van der Waals surface area contributed by atoms with Gasteiger partial charge in [0.25, 0.3) is 0 Å². The summed E-state index contributed by atoms with van der Waals surface area (Å²) in [6.07, 6.45) is 8.10. The second-order valence-electron chi connectivity index (χ2n) is 5.92. The Morgan fingerprint density at radius 2 is 2.11 bits per heavy atom. The topological polar surface area (TPSA) is 46.3 Å². The molecule has 1 heterocycles. The van der Waals surface area contributed by atoms with Gasteiger partial charge in [0.15, 0.2) is 0 Å². The molecule has 1 aliphatic heterocycles. The Bertz CT molecular complexity index is 282. The van der Waals surface area contributed by atoms with Gasteiger partial charge in [-0.1, -0.05) is 19.3 Å². The Labute approximate surface area is 115 Å². The number of thioether (sulfide) groups is 1. The third kappa shape index (κ3) is 3.64. The van der Waals surface area contributed by atoms with Gasteiger partial charge in [-0.15, -0.1) is 0 Å². The van der Waals surface area contributed by atoms with E-state index in [1.165, 1.54) is 32.1 Å². The fourth-order valence-corrected chi connectivity index (χ4v) is 4.63. The summed E-state index contributed by atoms with van der Waals surface area (Å²) < 4.78 is 0.389. The largest absolute Gasteiger partial charge is 0.340 e. The molecule has 0 radical (unpaired) electrons. The van der Waals surface area contributed by atoms with Crippen molar-refractivity contribution >= 4 is 17.7 Å². The van der Waals surface area contributed by atoms with E-state index in [0.717, 1.165) is 25.3 Å². The van der Waals surface area contributed by atoms with Crippen LogP contribution in [0, 0.1) is 0 Å². The van der Waals surface area contributed by atoms with Gasteiger partial charge in [-0.2, -0.15) is 11.8 Å². The van der Waals surface area contributed by atoms with E-state index in [2.05, 4.69) is 16.7 Å². The first-order valence-corrected chi connectivity index (χ1v) is 8.27. The Morgan fingerprint density at radius 1 is 1.39 bits per heavy atom. The number of amides is 1. The zero-order valence-corrected chi connectivity index (χ0v) is 12.3. The average Bonchev–Trinajstić information content (AvgIpc) is 2.37. The van der Waals surface area contributed by atoms with Crippen molar-refractivity contribution in [2.75, 3.05) is 18.8 Å². The van der Waals surface area contributed by atoms with E-state index in [4.69, 9.17) is 5.73 Å². The summed E-state index contributed by atoms with van der Waals surface area (Å²) in [7, 11) is 0. The minimum atomic E-state index is 0.136. The maximum absolute atomic E-state index is 12.2. The monoisotopic (exact) mass is 270 g/mol. The van der Waals surface area contributed by atoms with Crippen molar-refractivity contribution in [3.63, 3.8) is 0 Å². The molecule has 104 valence electrons. The molecule has 3 nitrogen and oxygen atoms in total. The van der Waals surface area contributed by atoms with E-state index < -0.39 is 0 Å². The lowest BCUT2D eigenvalue weighted by Crippen LogP contribution is -2.50. The predicted octanol–water partition coefficient (Wildman–Crippen LogP) is 2.39. The quantitative estimate of drug-likeness (QED) is 0.856. The minimum Gasteiger partial charge on any atom is -0.340 e. The molecule has 4 heteroatoms. The molecule has 0 aromatic rings. The summed E-state index contributed by atoms with van der Waals surface area (Å²) in [5, 5.41) is 0. The summed E-state index contributed by atoms with van der Waals surface area (Å²) >= 11 is 2.11. The molecule has 1 saturated heterocycles. The summed E-state index contributed by atoms with van der Waals surface area (Å²) in [4.78, 5) is 14.3. The van der Waals surface area contributed by atoms with Crippen LogP contribution in [0.2, 0.25) is 0 Å². The molecule has 2 fully saturated rings. The number of nitrogens with zero attached hydrogens (tertiary/aromatic N) is 1. The van der Waals surface area contributed by atoms with Crippen LogP contribution >= 0.6 is 11.8 Å². The molecule has 2 rings (SSSR count). The fourth-order valence-electron chi connectivity index (χ4n) is 3.07. The third-order valence-corrected chi connectivity index (χ3v) is 5.72. The summed E-state index contributed by atoms with van der Waals surface area (Å²) in [6.45, 7) is 3.89. The summed E-state index contributed by atoms with van der Waals surface area (Å²) in [5.41, 5.74) is 5.73. The SMILES string of the molecule is CC(N)CCC(=O)N1CCSC2(CCCCC2)C1. The molecule has 0 aromatic carbocycles. The zero-order chi connectivity index (χ0) is 13.0. The van der Waals surface area contributed by atoms with Crippen molar-refractivity contribution in [3.8, 4) is 0 Å². The Morgan fingerprint density at radius 3 is 2.78 bits per heavy atom. The van der Waals surface area contributed by atoms with Crippen LogP contribution in [0.5, 0.6) is 0 Å². The number of carbonyl (C=O) groups is 1. The molecule has 1 unspecified atom stereocenters. The van der Waals surface area contributed by atoms with Gasteiger partial charge in [0.05, 0.1) is 0 Å². The van der Waals surface area contributed by atoms with Crippen LogP contribution in [0.4, 0.5) is 0 Å². The van der Waals surface area contributed by atoms with Crippen molar-refractivity contribution in [2.24, 2.45) is 5.73 Å². The van der Waals surface area contributed by atoms with Crippen LogP contribution in [-0.4, -0.2) is 40.4 Å². The molecule has 0 bridgehead atoms. The van der Waals surface area contributed by atoms with E-state index in [0.29, 0.717) is 17.1 Å². The Hall–Kier alpha value is -0.220. The van der Waals surface area contributed by atoms with Gasteiger partial charge in [0.1, 0.15) is 0 Å². The highest BCUT2D eigenvalue weighted by Gasteiger charge is 2.38. The van der Waals surface area contributed by atoms with Crippen molar-refractivity contribution in [1.29, 1.82) is 0 Å². The number of rotatable bonds is 3. The standard InChI is InChI=1S/C14H26N2OS/c1-12(15)5-6-13(17)16-9-10-18-14(11-16)7-3-2-4-8-14/h12H,2-11,15H2,1H3. The second kappa shape index (κ2) is 6.29. The van der Waals surface area contributed by atoms with E-state index in [9.17, 15) is 4.79 Å². The van der Waals surface area contributed by atoms with Crippen LogP contribution in [-0.2, 0) is 4.79 Å². The van der Waals surface area contributed by atoms with E-state index in [1.807, 2.05) is 6.92 Å². The fraction of sp³-hybridized carbons (Fsp3) is 0.929. The van der Waals surface area contributed by atoms with Gasteiger partial charge in [0.2, 0.25) is 5.91 Å². The molecule has 1 amide bonds. The van der Waals surface area contributed by atoms with Crippen molar-refractivity contribution in [1.82, 2.24) is 4.90 Å². The van der Waals surface area contributed by atoms with Crippen molar-refractivity contribution in [3.05, 3.63) is 0 Å². The molecule has 1 aliphatic carbocycles. The van der Waals surface area contributed by atoms with Gasteiger partial charge in [0, 0.05) is 36.1 Å². The Kier molecular flexibility index (Phi) is 4.96. The van der Waals surface area contributed by atoms with Gasteiger partial charge >= 0.3 is 0 Å². The molecule has 2 aliphatic rings. The molecule has 0 aromatic heterocycles. The lowest BCUT2D eigenvalue weighted by Gasteiger charge is -2.44. The molecule has 2 N–H and O–H groups in total. The Balaban J connectivity index is 1.87. The lowest BCUT2D eigenvalue weighted by atomic mass is 9.87.